The minimum absolute atomic E-state index is 0.0153. The second-order valence-electron chi connectivity index (χ2n) is 4.41. The van der Waals surface area contributed by atoms with E-state index in [-0.39, 0.29) is 11.5 Å². The van der Waals surface area contributed by atoms with Crippen molar-refractivity contribution in [2.75, 3.05) is 0 Å². The molecule has 0 bridgehead atoms. The number of hydrogen-bond donors (Lipinski definition) is 1. The largest absolute Gasteiger partial charge is 0.419 e. The van der Waals surface area contributed by atoms with Crippen molar-refractivity contribution in [3.05, 3.63) is 35.5 Å². The van der Waals surface area contributed by atoms with Crippen LogP contribution in [-0.2, 0) is 6.54 Å². The first-order chi connectivity index (χ1) is 9.13. The molecule has 1 N–H and O–H groups in total. The van der Waals surface area contributed by atoms with Crippen LogP contribution in [0.1, 0.15) is 18.7 Å². The Bertz CT molecular complexity index is 587. The number of nitrogens with one attached hydrogen (secondary N) is 1. The third-order valence-electron chi connectivity index (χ3n) is 2.82. The lowest BCUT2D eigenvalue weighted by molar-refractivity contribution is 0.445. The molecule has 1 aromatic heterocycles. The molecule has 1 heterocycles. The third kappa shape index (κ3) is 2.60. The van der Waals surface area contributed by atoms with E-state index < -0.39 is 17.5 Å². The van der Waals surface area contributed by atoms with E-state index in [2.05, 4.69) is 15.5 Å². The molecule has 0 radical (unpaired) electrons. The maximum absolute atomic E-state index is 13.1. The smallest absolute Gasteiger partial charge is 0.248 e. The molecule has 19 heavy (non-hydrogen) atoms. The molecule has 1 aromatic carbocycles. The molecule has 0 spiro atoms. The summed E-state index contributed by atoms with van der Waals surface area (Å²) in [6.07, 6.45) is 2.24. The van der Waals surface area contributed by atoms with Crippen LogP contribution < -0.4 is 5.32 Å². The summed E-state index contributed by atoms with van der Waals surface area (Å²) in [5.41, 5.74) is 0.0153. The third-order valence-corrected chi connectivity index (χ3v) is 2.82. The average molecular weight is 269 g/mol. The first kappa shape index (κ1) is 12.2. The lowest BCUT2D eigenvalue weighted by atomic mass is 10.2. The molecule has 1 fully saturated rings. The zero-order valence-electron chi connectivity index (χ0n) is 9.79. The highest BCUT2D eigenvalue weighted by Gasteiger charge is 2.21. The van der Waals surface area contributed by atoms with Gasteiger partial charge < -0.3 is 9.73 Å². The molecule has 0 aliphatic heterocycles. The molecule has 7 heteroatoms. The van der Waals surface area contributed by atoms with Crippen molar-refractivity contribution in [3.63, 3.8) is 0 Å². The van der Waals surface area contributed by atoms with Gasteiger partial charge in [-0.2, -0.15) is 0 Å². The summed E-state index contributed by atoms with van der Waals surface area (Å²) in [5, 5.41) is 10.6. The second kappa shape index (κ2) is 4.65. The zero-order chi connectivity index (χ0) is 13.4. The van der Waals surface area contributed by atoms with E-state index in [9.17, 15) is 13.2 Å². The Morgan fingerprint density at radius 2 is 1.84 bits per heavy atom. The minimum Gasteiger partial charge on any atom is -0.419 e. The van der Waals surface area contributed by atoms with Gasteiger partial charge >= 0.3 is 0 Å². The van der Waals surface area contributed by atoms with Gasteiger partial charge in [-0.25, -0.2) is 13.2 Å². The Labute approximate surface area is 106 Å². The molecule has 1 saturated carbocycles. The van der Waals surface area contributed by atoms with Crippen LogP contribution in [0.5, 0.6) is 0 Å². The summed E-state index contributed by atoms with van der Waals surface area (Å²) >= 11 is 0. The molecule has 4 nitrogen and oxygen atoms in total. The van der Waals surface area contributed by atoms with Crippen LogP contribution in [0.2, 0.25) is 0 Å². The van der Waals surface area contributed by atoms with Crippen molar-refractivity contribution in [1.82, 2.24) is 15.5 Å². The molecule has 100 valence electrons. The molecule has 1 aliphatic carbocycles. The summed E-state index contributed by atoms with van der Waals surface area (Å²) in [6, 6.07) is 2.13. The first-order valence-electron chi connectivity index (χ1n) is 5.84. The monoisotopic (exact) mass is 269 g/mol. The van der Waals surface area contributed by atoms with E-state index in [0.717, 1.165) is 25.0 Å². The standard InChI is InChI=1S/C12H10F3N3O/c13-8-3-6(4-9(14)11(8)15)12-18-17-10(19-12)5-16-7-1-2-7/h3-4,7,16H,1-2,5H2. The van der Waals surface area contributed by atoms with Crippen LogP contribution in [0.3, 0.4) is 0 Å². The van der Waals surface area contributed by atoms with Gasteiger partial charge in [-0.05, 0) is 25.0 Å². The van der Waals surface area contributed by atoms with E-state index in [1.807, 2.05) is 0 Å². The summed E-state index contributed by atoms with van der Waals surface area (Å²) in [4.78, 5) is 0. The van der Waals surface area contributed by atoms with Gasteiger partial charge in [-0.3, -0.25) is 0 Å². The number of nitrogens with zero attached hydrogens (tertiary/aromatic N) is 2. The lowest BCUT2D eigenvalue weighted by Gasteiger charge is -1.99. The van der Waals surface area contributed by atoms with Gasteiger partial charge in [0.15, 0.2) is 17.5 Å². The normalized spacial score (nSPS) is 14.9. The Morgan fingerprint density at radius 1 is 1.16 bits per heavy atom. The number of hydrogen-bond acceptors (Lipinski definition) is 4. The summed E-state index contributed by atoms with van der Waals surface area (Å²) in [5.74, 6) is -3.80. The van der Waals surface area contributed by atoms with Gasteiger partial charge in [0, 0.05) is 11.6 Å². The average Bonchev–Trinajstić information content (AvgIpc) is 3.10. The van der Waals surface area contributed by atoms with Crippen molar-refractivity contribution in [2.24, 2.45) is 0 Å². The fraction of sp³-hybridized carbons (Fsp3) is 0.333. The van der Waals surface area contributed by atoms with Crippen molar-refractivity contribution in [2.45, 2.75) is 25.4 Å². The Balaban J connectivity index is 1.81. The Kier molecular flexibility index (Phi) is 2.98. The molecule has 3 rings (SSSR count). The molecule has 1 aliphatic rings. The van der Waals surface area contributed by atoms with E-state index in [4.69, 9.17) is 4.42 Å². The van der Waals surface area contributed by atoms with Gasteiger partial charge in [0.25, 0.3) is 0 Å². The van der Waals surface area contributed by atoms with Crippen molar-refractivity contribution in [1.29, 1.82) is 0 Å². The second-order valence-corrected chi connectivity index (χ2v) is 4.41. The Hall–Kier alpha value is -1.89. The van der Waals surface area contributed by atoms with E-state index in [1.165, 1.54) is 0 Å². The van der Waals surface area contributed by atoms with Gasteiger partial charge in [0.1, 0.15) is 0 Å². The van der Waals surface area contributed by atoms with E-state index in [0.29, 0.717) is 18.5 Å². The van der Waals surface area contributed by atoms with Crippen LogP contribution in [0, 0.1) is 17.5 Å². The number of aromatic nitrogens is 2. The van der Waals surface area contributed by atoms with Gasteiger partial charge in [0.05, 0.1) is 6.54 Å². The van der Waals surface area contributed by atoms with Gasteiger partial charge in [-0.15, -0.1) is 10.2 Å². The zero-order valence-corrected chi connectivity index (χ0v) is 9.79. The fourth-order valence-corrected chi connectivity index (χ4v) is 1.64. The lowest BCUT2D eigenvalue weighted by Crippen LogP contribution is -2.15. The summed E-state index contributed by atoms with van der Waals surface area (Å²) in [6.45, 7) is 0.407. The van der Waals surface area contributed by atoms with Crippen LogP contribution in [-0.4, -0.2) is 16.2 Å². The molecule has 0 saturated heterocycles. The molecule has 2 aromatic rings. The quantitative estimate of drug-likeness (QED) is 0.866. The van der Waals surface area contributed by atoms with E-state index >= 15 is 0 Å². The van der Waals surface area contributed by atoms with Crippen molar-refractivity contribution < 1.29 is 17.6 Å². The predicted molar refractivity (Wildman–Crippen MR) is 59.5 cm³/mol. The Morgan fingerprint density at radius 3 is 2.47 bits per heavy atom. The number of rotatable bonds is 4. The van der Waals surface area contributed by atoms with Crippen molar-refractivity contribution >= 4 is 0 Å². The SMILES string of the molecule is Fc1cc(-c2nnc(CNC3CC3)o2)cc(F)c1F. The summed E-state index contributed by atoms with van der Waals surface area (Å²) < 4.78 is 44.2. The van der Waals surface area contributed by atoms with Crippen LogP contribution in [0.4, 0.5) is 13.2 Å². The molecule has 0 atom stereocenters. The van der Waals surface area contributed by atoms with Crippen LogP contribution >= 0.6 is 0 Å². The topological polar surface area (TPSA) is 51.0 Å². The fourth-order valence-electron chi connectivity index (χ4n) is 1.64. The van der Waals surface area contributed by atoms with Crippen LogP contribution in [0.15, 0.2) is 16.5 Å². The maximum atomic E-state index is 13.1. The van der Waals surface area contributed by atoms with Crippen LogP contribution in [0.25, 0.3) is 11.5 Å². The summed E-state index contributed by atoms with van der Waals surface area (Å²) in [7, 11) is 0. The van der Waals surface area contributed by atoms with Crippen molar-refractivity contribution in [3.8, 4) is 11.5 Å². The maximum Gasteiger partial charge on any atom is 0.248 e. The van der Waals surface area contributed by atoms with E-state index in [1.54, 1.807) is 0 Å². The molecular weight excluding hydrogens is 259 g/mol. The minimum atomic E-state index is -1.51. The first-order valence-corrected chi connectivity index (χ1v) is 5.84. The van der Waals surface area contributed by atoms with Gasteiger partial charge in [-0.1, -0.05) is 0 Å². The number of halogens is 3. The number of benzene rings is 1. The highest BCUT2D eigenvalue weighted by molar-refractivity contribution is 5.52. The highest BCUT2D eigenvalue weighted by atomic mass is 19.2. The highest BCUT2D eigenvalue weighted by Crippen LogP contribution is 2.23. The molecule has 0 amide bonds. The molecular formula is C12H10F3N3O. The van der Waals surface area contributed by atoms with Gasteiger partial charge in [0.2, 0.25) is 11.8 Å². The molecule has 0 unspecified atom stereocenters. The predicted octanol–water partition coefficient (Wildman–Crippen LogP) is 2.41.